The number of nitrogens with one attached hydrogen (secondary N) is 1. The lowest BCUT2D eigenvalue weighted by atomic mass is 9.73. The fourth-order valence-corrected chi connectivity index (χ4v) is 4.26. The summed E-state index contributed by atoms with van der Waals surface area (Å²) in [5.74, 6) is 0.783. The van der Waals surface area contributed by atoms with Crippen LogP contribution >= 0.6 is 11.3 Å². The largest absolute Gasteiger partial charge is 0.304 e. The van der Waals surface area contributed by atoms with Crippen LogP contribution in [0, 0.1) is 5.92 Å². The van der Waals surface area contributed by atoms with E-state index in [1.165, 1.54) is 37.4 Å². The van der Waals surface area contributed by atoms with Crippen LogP contribution in [0.2, 0.25) is 0 Å². The smallest absolute Gasteiger partial charge is 0.114 e. The van der Waals surface area contributed by atoms with E-state index >= 15 is 0 Å². The van der Waals surface area contributed by atoms with Gasteiger partial charge in [-0.15, -0.1) is 11.3 Å². The van der Waals surface area contributed by atoms with Gasteiger partial charge in [-0.1, -0.05) is 6.92 Å². The van der Waals surface area contributed by atoms with Gasteiger partial charge in [0.05, 0.1) is 5.54 Å². The van der Waals surface area contributed by atoms with E-state index in [0.29, 0.717) is 0 Å². The van der Waals surface area contributed by atoms with Crippen LogP contribution in [-0.4, -0.2) is 36.1 Å². The van der Waals surface area contributed by atoms with Crippen molar-refractivity contribution in [2.45, 2.75) is 31.7 Å². The second-order valence-electron chi connectivity index (χ2n) is 5.29. The summed E-state index contributed by atoms with van der Waals surface area (Å²) in [5, 5.41) is 7.24. The molecule has 94 valence electrons. The van der Waals surface area contributed by atoms with Gasteiger partial charge in [-0.05, 0) is 44.8 Å². The Labute approximate surface area is 107 Å². The zero-order valence-corrected chi connectivity index (χ0v) is 11.3. The summed E-state index contributed by atoms with van der Waals surface area (Å²) in [4.78, 5) is 7.21. The molecule has 0 spiro atoms. The minimum absolute atomic E-state index is 0.153. The molecule has 4 rings (SSSR count). The number of thiazole rings is 1. The minimum atomic E-state index is 0.153. The molecule has 0 amide bonds. The molecule has 1 aromatic heterocycles. The Morgan fingerprint density at radius 1 is 1.53 bits per heavy atom. The van der Waals surface area contributed by atoms with Crippen LogP contribution in [0.1, 0.15) is 31.2 Å². The Hall–Kier alpha value is -0.450. The van der Waals surface area contributed by atoms with Gasteiger partial charge in [0.25, 0.3) is 0 Å². The second kappa shape index (κ2) is 4.67. The molecule has 0 saturated carbocycles. The van der Waals surface area contributed by atoms with E-state index in [1.54, 1.807) is 0 Å². The lowest BCUT2D eigenvalue weighted by Gasteiger charge is -2.52. The third kappa shape index (κ3) is 1.92. The predicted molar refractivity (Wildman–Crippen MR) is 71.2 cm³/mol. The highest BCUT2D eigenvalue weighted by Gasteiger charge is 2.48. The Balaban J connectivity index is 1.91. The fourth-order valence-electron chi connectivity index (χ4n) is 3.38. The maximum atomic E-state index is 4.61. The van der Waals surface area contributed by atoms with Crippen LogP contribution in [0.3, 0.4) is 0 Å². The SMILES string of the molecule is CCCNC1(c2nccs2)CN2CCC1CC2. The molecule has 4 heterocycles. The highest BCUT2D eigenvalue weighted by molar-refractivity contribution is 7.09. The Morgan fingerprint density at radius 3 is 2.88 bits per heavy atom. The molecule has 3 aliphatic heterocycles. The highest BCUT2D eigenvalue weighted by Crippen LogP contribution is 2.43. The van der Waals surface area contributed by atoms with Gasteiger partial charge in [-0.3, -0.25) is 0 Å². The summed E-state index contributed by atoms with van der Waals surface area (Å²) in [6, 6.07) is 0. The topological polar surface area (TPSA) is 28.2 Å². The van der Waals surface area contributed by atoms with Crippen molar-refractivity contribution < 1.29 is 0 Å². The summed E-state index contributed by atoms with van der Waals surface area (Å²) >= 11 is 1.82. The van der Waals surface area contributed by atoms with Crippen LogP contribution in [-0.2, 0) is 5.54 Å². The summed E-state index contributed by atoms with van der Waals surface area (Å²) in [6.45, 7) is 7.07. The summed E-state index contributed by atoms with van der Waals surface area (Å²) < 4.78 is 0. The molecule has 4 heteroatoms. The zero-order chi connectivity index (χ0) is 11.7. The Kier molecular flexibility index (Phi) is 3.19. The highest BCUT2D eigenvalue weighted by atomic mass is 32.1. The van der Waals surface area contributed by atoms with Crippen LogP contribution in [0.5, 0.6) is 0 Å². The van der Waals surface area contributed by atoms with Gasteiger partial charge in [0, 0.05) is 18.1 Å². The van der Waals surface area contributed by atoms with Crippen molar-refractivity contribution in [3.63, 3.8) is 0 Å². The molecule has 3 aliphatic rings. The molecule has 0 aliphatic carbocycles. The van der Waals surface area contributed by atoms with Gasteiger partial charge >= 0.3 is 0 Å². The summed E-state index contributed by atoms with van der Waals surface area (Å²) in [6.07, 6.45) is 5.80. The maximum absolute atomic E-state index is 4.61. The number of fused-ring (bicyclic) bond motifs is 3. The third-order valence-corrected chi connectivity index (χ3v) is 5.21. The van der Waals surface area contributed by atoms with Crippen LogP contribution in [0.25, 0.3) is 0 Å². The van der Waals surface area contributed by atoms with Crippen molar-refractivity contribution in [1.29, 1.82) is 0 Å². The molecule has 3 nitrogen and oxygen atoms in total. The molecular formula is C13H21N3S. The molecule has 17 heavy (non-hydrogen) atoms. The molecular weight excluding hydrogens is 230 g/mol. The predicted octanol–water partition coefficient (Wildman–Crippen LogP) is 2.06. The number of hydrogen-bond acceptors (Lipinski definition) is 4. The first-order valence-corrected chi connectivity index (χ1v) is 7.60. The van der Waals surface area contributed by atoms with E-state index in [9.17, 15) is 0 Å². The lowest BCUT2D eigenvalue weighted by Crippen LogP contribution is -2.63. The fraction of sp³-hybridized carbons (Fsp3) is 0.769. The molecule has 0 radical (unpaired) electrons. The van der Waals surface area contributed by atoms with Crippen molar-refractivity contribution in [3.05, 3.63) is 16.6 Å². The van der Waals surface area contributed by atoms with Gasteiger partial charge in [-0.25, -0.2) is 4.98 Å². The molecule has 1 aromatic rings. The Morgan fingerprint density at radius 2 is 2.35 bits per heavy atom. The molecule has 1 N–H and O–H groups in total. The van der Waals surface area contributed by atoms with Gasteiger partial charge in [-0.2, -0.15) is 0 Å². The lowest BCUT2D eigenvalue weighted by molar-refractivity contribution is 0.00320. The number of hydrogen-bond donors (Lipinski definition) is 1. The van der Waals surface area contributed by atoms with Crippen molar-refractivity contribution in [1.82, 2.24) is 15.2 Å². The van der Waals surface area contributed by atoms with Crippen LogP contribution in [0.15, 0.2) is 11.6 Å². The van der Waals surface area contributed by atoms with Gasteiger partial charge in [0.2, 0.25) is 0 Å². The number of rotatable bonds is 4. The number of aromatic nitrogens is 1. The standard InChI is InChI=1S/C13H21N3S/c1-2-5-15-13(12-14-6-9-17-12)10-16-7-3-11(13)4-8-16/h6,9,11,15H,2-5,7-8,10H2,1H3. The zero-order valence-electron chi connectivity index (χ0n) is 10.5. The molecule has 1 atom stereocenters. The van der Waals surface area contributed by atoms with E-state index < -0.39 is 0 Å². The van der Waals surface area contributed by atoms with E-state index in [2.05, 4.69) is 27.5 Å². The van der Waals surface area contributed by atoms with Crippen molar-refractivity contribution in [3.8, 4) is 0 Å². The number of nitrogens with zero attached hydrogens (tertiary/aromatic N) is 2. The van der Waals surface area contributed by atoms with Crippen molar-refractivity contribution in [2.24, 2.45) is 5.92 Å². The van der Waals surface area contributed by atoms with Crippen LogP contribution in [0.4, 0.5) is 0 Å². The van der Waals surface area contributed by atoms with Crippen LogP contribution < -0.4 is 5.32 Å². The summed E-state index contributed by atoms with van der Waals surface area (Å²) in [7, 11) is 0. The minimum Gasteiger partial charge on any atom is -0.304 e. The molecule has 3 saturated heterocycles. The average Bonchev–Trinajstić information content (AvgIpc) is 2.92. The van der Waals surface area contributed by atoms with Gasteiger partial charge < -0.3 is 10.2 Å². The monoisotopic (exact) mass is 251 g/mol. The number of piperidine rings is 3. The Bertz CT molecular complexity index is 357. The maximum Gasteiger partial charge on any atom is 0.114 e. The normalized spacial score (nSPS) is 36.3. The van der Waals surface area contributed by atoms with E-state index in [0.717, 1.165) is 19.0 Å². The average molecular weight is 251 g/mol. The van der Waals surface area contributed by atoms with E-state index in [-0.39, 0.29) is 5.54 Å². The second-order valence-corrected chi connectivity index (χ2v) is 6.18. The molecule has 3 fully saturated rings. The first kappa shape index (κ1) is 11.6. The quantitative estimate of drug-likeness (QED) is 0.888. The van der Waals surface area contributed by atoms with Crippen molar-refractivity contribution >= 4 is 11.3 Å². The molecule has 0 aromatic carbocycles. The molecule has 1 unspecified atom stereocenters. The van der Waals surface area contributed by atoms with E-state index in [1.807, 2.05) is 17.5 Å². The van der Waals surface area contributed by atoms with Gasteiger partial charge in [0.1, 0.15) is 5.01 Å². The van der Waals surface area contributed by atoms with Crippen molar-refractivity contribution in [2.75, 3.05) is 26.2 Å². The first-order chi connectivity index (χ1) is 8.35. The van der Waals surface area contributed by atoms with Gasteiger partial charge in [0.15, 0.2) is 0 Å². The van der Waals surface area contributed by atoms with E-state index in [4.69, 9.17) is 0 Å². The first-order valence-electron chi connectivity index (χ1n) is 6.72. The molecule has 2 bridgehead atoms. The summed E-state index contributed by atoms with van der Waals surface area (Å²) in [5.41, 5.74) is 0.153. The third-order valence-electron chi connectivity index (χ3n) is 4.26.